The molecule has 5 heteroatoms. The molecule has 1 amide bonds. The average molecular weight is 287 g/mol. The Kier molecular flexibility index (Phi) is 4.65. The van der Waals surface area contributed by atoms with Crippen molar-refractivity contribution < 1.29 is 4.79 Å². The number of thiophene rings is 1. The summed E-state index contributed by atoms with van der Waals surface area (Å²) >= 11 is 1.82. The smallest absolute Gasteiger partial charge is 0.227 e. The molecule has 1 saturated heterocycles. The fourth-order valence-electron chi connectivity index (χ4n) is 2.76. The number of hydrogen-bond acceptors (Lipinski definition) is 3. The van der Waals surface area contributed by atoms with Crippen LogP contribution in [0.5, 0.6) is 0 Å². The first-order valence-corrected chi connectivity index (χ1v) is 7.27. The summed E-state index contributed by atoms with van der Waals surface area (Å²) in [6.07, 6.45) is 3.23. The summed E-state index contributed by atoms with van der Waals surface area (Å²) in [6, 6.07) is 2.17. The molecule has 2 aliphatic heterocycles. The maximum Gasteiger partial charge on any atom is 0.227 e. The minimum Gasteiger partial charge on any atom is -0.338 e. The highest BCUT2D eigenvalue weighted by Crippen LogP contribution is 2.25. The van der Waals surface area contributed by atoms with E-state index in [0.717, 1.165) is 45.4 Å². The topological polar surface area (TPSA) is 32.3 Å². The zero-order valence-corrected chi connectivity index (χ0v) is 12.0. The second kappa shape index (κ2) is 6.04. The molecule has 0 bridgehead atoms. The fourth-order valence-corrected chi connectivity index (χ4v) is 3.65. The molecule has 100 valence electrons. The van der Waals surface area contributed by atoms with Gasteiger partial charge in [0.1, 0.15) is 0 Å². The molecule has 3 heterocycles. The number of amides is 1. The van der Waals surface area contributed by atoms with E-state index in [1.807, 2.05) is 16.2 Å². The second-order valence-corrected chi connectivity index (χ2v) is 5.92. The van der Waals surface area contributed by atoms with Gasteiger partial charge < -0.3 is 10.2 Å². The summed E-state index contributed by atoms with van der Waals surface area (Å²) in [5.74, 6) is 0.568. The normalized spacial score (nSPS) is 23.1. The average Bonchev–Trinajstić information content (AvgIpc) is 2.86. The molecule has 1 atom stereocenters. The van der Waals surface area contributed by atoms with Gasteiger partial charge in [-0.05, 0) is 42.8 Å². The Morgan fingerprint density at radius 1 is 1.50 bits per heavy atom. The highest BCUT2D eigenvalue weighted by Gasteiger charge is 2.28. The lowest BCUT2D eigenvalue weighted by molar-refractivity contribution is -0.137. The number of piperidine rings is 1. The predicted octanol–water partition coefficient (Wildman–Crippen LogP) is 2.05. The standard InChI is InChI=1S/C13H18N2OS.ClH/c16-13(10-2-1-5-14-8-10)15-6-3-12-11(9-15)4-7-17-12;/h4,7,10,14H,1-3,5-6,8-9H2;1H. The van der Waals surface area contributed by atoms with Crippen LogP contribution in [0.25, 0.3) is 0 Å². The monoisotopic (exact) mass is 286 g/mol. The second-order valence-electron chi connectivity index (χ2n) is 4.92. The Morgan fingerprint density at radius 3 is 3.17 bits per heavy atom. The molecule has 0 radical (unpaired) electrons. The lowest BCUT2D eigenvalue weighted by atomic mass is 9.97. The molecule has 0 spiro atoms. The minimum absolute atomic E-state index is 0. The number of fused-ring (bicyclic) bond motifs is 1. The third-order valence-corrected chi connectivity index (χ3v) is 4.79. The van der Waals surface area contributed by atoms with Crippen molar-refractivity contribution in [1.82, 2.24) is 10.2 Å². The molecule has 0 aromatic carbocycles. The zero-order chi connectivity index (χ0) is 11.7. The first-order valence-electron chi connectivity index (χ1n) is 6.39. The molecule has 0 aliphatic carbocycles. The van der Waals surface area contributed by atoms with E-state index >= 15 is 0 Å². The van der Waals surface area contributed by atoms with Crippen LogP contribution in [0.2, 0.25) is 0 Å². The summed E-state index contributed by atoms with van der Waals surface area (Å²) in [7, 11) is 0. The van der Waals surface area contributed by atoms with Crippen LogP contribution in [0, 0.1) is 5.92 Å². The van der Waals surface area contributed by atoms with Crippen LogP contribution in [-0.2, 0) is 17.8 Å². The van der Waals surface area contributed by atoms with Crippen LogP contribution in [0.4, 0.5) is 0 Å². The summed E-state index contributed by atoms with van der Waals surface area (Å²) in [4.78, 5) is 15.9. The molecule has 1 aromatic rings. The predicted molar refractivity (Wildman–Crippen MR) is 76.3 cm³/mol. The molecular weight excluding hydrogens is 268 g/mol. The Hall–Kier alpha value is -0.580. The number of hydrogen-bond donors (Lipinski definition) is 1. The number of nitrogens with one attached hydrogen (secondary N) is 1. The van der Waals surface area contributed by atoms with Gasteiger partial charge in [0.25, 0.3) is 0 Å². The summed E-state index contributed by atoms with van der Waals surface area (Å²) in [6.45, 7) is 3.67. The van der Waals surface area contributed by atoms with Crippen LogP contribution >= 0.6 is 23.7 Å². The maximum atomic E-state index is 12.4. The van der Waals surface area contributed by atoms with E-state index < -0.39 is 0 Å². The van der Waals surface area contributed by atoms with Crippen molar-refractivity contribution >= 4 is 29.7 Å². The van der Waals surface area contributed by atoms with Crippen molar-refractivity contribution in [3.63, 3.8) is 0 Å². The summed E-state index contributed by atoms with van der Waals surface area (Å²) in [5, 5.41) is 5.46. The Morgan fingerprint density at radius 2 is 2.39 bits per heavy atom. The van der Waals surface area contributed by atoms with Gasteiger partial charge >= 0.3 is 0 Å². The summed E-state index contributed by atoms with van der Waals surface area (Å²) < 4.78 is 0. The molecular formula is C13H19ClN2OS. The van der Waals surface area contributed by atoms with Crippen molar-refractivity contribution in [3.05, 3.63) is 21.9 Å². The van der Waals surface area contributed by atoms with Gasteiger partial charge in [-0.3, -0.25) is 4.79 Å². The molecule has 3 nitrogen and oxygen atoms in total. The highest BCUT2D eigenvalue weighted by atomic mass is 35.5. The zero-order valence-electron chi connectivity index (χ0n) is 10.4. The van der Waals surface area contributed by atoms with Gasteiger partial charge in [-0.15, -0.1) is 23.7 Å². The van der Waals surface area contributed by atoms with Crippen LogP contribution in [0.1, 0.15) is 23.3 Å². The fraction of sp³-hybridized carbons (Fsp3) is 0.615. The van der Waals surface area contributed by atoms with Gasteiger partial charge in [0.2, 0.25) is 5.91 Å². The molecule has 18 heavy (non-hydrogen) atoms. The number of carbonyl (C=O) groups excluding carboxylic acids is 1. The van der Waals surface area contributed by atoms with Crippen LogP contribution in [-0.4, -0.2) is 30.4 Å². The Bertz CT molecular complexity index is 415. The Balaban J connectivity index is 0.00000120. The van der Waals surface area contributed by atoms with Crippen LogP contribution in [0.3, 0.4) is 0 Å². The van der Waals surface area contributed by atoms with Gasteiger partial charge in [-0.25, -0.2) is 0 Å². The van der Waals surface area contributed by atoms with E-state index in [4.69, 9.17) is 0 Å². The van der Waals surface area contributed by atoms with E-state index in [1.54, 1.807) is 0 Å². The van der Waals surface area contributed by atoms with Crippen molar-refractivity contribution in [2.45, 2.75) is 25.8 Å². The Labute approximate surface area is 118 Å². The molecule has 1 N–H and O–H groups in total. The van der Waals surface area contributed by atoms with E-state index in [1.165, 1.54) is 10.4 Å². The van der Waals surface area contributed by atoms with E-state index in [2.05, 4.69) is 16.8 Å². The quantitative estimate of drug-likeness (QED) is 0.857. The number of nitrogens with zero attached hydrogens (tertiary/aromatic N) is 1. The van der Waals surface area contributed by atoms with Crippen molar-refractivity contribution in [3.8, 4) is 0 Å². The van der Waals surface area contributed by atoms with Crippen molar-refractivity contribution in [2.75, 3.05) is 19.6 Å². The number of carbonyl (C=O) groups is 1. The highest BCUT2D eigenvalue weighted by molar-refractivity contribution is 7.10. The maximum absolute atomic E-state index is 12.4. The SMILES string of the molecule is Cl.O=C(C1CCCNC1)N1CCc2sccc2C1. The third-order valence-electron chi connectivity index (χ3n) is 3.77. The largest absolute Gasteiger partial charge is 0.338 e. The van der Waals surface area contributed by atoms with E-state index in [-0.39, 0.29) is 18.3 Å². The van der Waals surface area contributed by atoms with Crippen molar-refractivity contribution in [2.24, 2.45) is 5.92 Å². The van der Waals surface area contributed by atoms with Gasteiger partial charge in [-0.2, -0.15) is 0 Å². The minimum atomic E-state index is 0. The van der Waals surface area contributed by atoms with Gasteiger partial charge in [0, 0.05) is 24.5 Å². The molecule has 0 saturated carbocycles. The van der Waals surface area contributed by atoms with Crippen LogP contribution in [0.15, 0.2) is 11.4 Å². The molecule has 1 fully saturated rings. The molecule has 2 aliphatic rings. The first kappa shape index (κ1) is 13.8. The van der Waals surface area contributed by atoms with Gasteiger partial charge in [0.15, 0.2) is 0 Å². The van der Waals surface area contributed by atoms with E-state index in [9.17, 15) is 4.79 Å². The summed E-state index contributed by atoms with van der Waals surface area (Å²) in [5.41, 5.74) is 1.36. The van der Waals surface area contributed by atoms with Gasteiger partial charge in [0.05, 0.1) is 5.92 Å². The molecule has 1 unspecified atom stereocenters. The van der Waals surface area contributed by atoms with Crippen molar-refractivity contribution in [1.29, 1.82) is 0 Å². The number of halogens is 1. The molecule has 3 rings (SSSR count). The lowest BCUT2D eigenvalue weighted by Gasteiger charge is -2.32. The van der Waals surface area contributed by atoms with Gasteiger partial charge in [-0.1, -0.05) is 0 Å². The number of rotatable bonds is 1. The molecule has 1 aromatic heterocycles. The first-order chi connectivity index (χ1) is 8.34. The van der Waals surface area contributed by atoms with Crippen LogP contribution < -0.4 is 5.32 Å². The van der Waals surface area contributed by atoms with E-state index in [0.29, 0.717) is 5.91 Å². The third kappa shape index (κ3) is 2.71. The lowest BCUT2D eigenvalue weighted by Crippen LogP contribution is -2.44.